The number of ether oxygens (including phenoxy) is 1. The predicted octanol–water partition coefficient (Wildman–Crippen LogP) is 0.984. The van der Waals surface area contributed by atoms with Crippen LogP contribution in [0.1, 0.15) is 18.9 Å². The van der Waals surface area contributed by atoms with Crippen molar-refractivity contribution in [3.05, 3.63) is 29.8 Å². The zero-order chi connectivity index (χ0) is 14.8. The number of aromatic hydroxyl groups is 1. The maximum atomic E-state index is 11.9. The standard InChI is InChI=1S/C14H17NO5/c1-14(6-13(18)19)9-15(12(17)8-20-14)7-10-4-2-3-5-11(10)16/h2-5,16H,6-9H2,1H3,(H,18,19). The van der Waals surface area contributed by atoms with Crippen molar-refractivity contribution in [3.63, 3.8) is 0 Å². The topological polar surface area (TPSA) is 87.1 Å². The van der Waals surface area contributed by atoms with E-state index in [9.17, 15) is 14.7 Å². The van der Waals surface area contributed by atoms with Crippen LogP contribution in [0.4, 0.5) is 0 Å². The number of rotatable bonds is 4. The molecule has 1 unspecified atom stereocenters. The maximum absolute atomic E-state index is 11.9. The number of amides is 1. The summed E-state index contributed by atoms with van der Waals surface area (Å²) in [4.78, 5) is 24.2. The molecule has 6 heteroatoms. The highest BCUT2D eigenvalue weighted by atomic mass is 16.5. The lowest BCUT2D eigenvalue weighted by atomic mass is 9.99. The van der Waals surface area contributed by atoms with Gasteiger partial charge in [-0.2, -0.15) is 0 Å². The average molecular weight is 279 g/mol. The van der Waals surface area contributed by atoms with Gasteiger partial charge in [0.2, 0.25) is 5.91 Å². The van der Waals surface area contributed by atoms with Crippen molar-refractivity contribution in [2.75, 3.05) is 13.2 Å². The summed E-state index contributed by atoms with van der Waals surface area (Å²) < 4.78 is 5.35. The first kappa shape index (κ1) is 14.3. The van der Waals surface area contributed by atoms with Crippen LogP contribution in [-0.4, -0.2) is 45.7 Å². The lowest BCUT2D eigenvalue weighted by Gasteiger charge is -2.39. The number of carbonyl (C=O) groups is 2. The second-order valence-electron chi connectivity index (χ2n) is 5.19. The van der Waals surface area contributed by atoms with Crippen LogP contribution in [0.5, 0.6) is 5.75 Å². The van der Waals surface area contributed by atoms with Gasteiger partial charge in [0.15, 0.2) is 0 Å². The smallest absolute Gasteiger partial charge is 0.306 e. The number of phenols is 1. The van der Waals surface area contributed by atoms with E-state index in [1.807, 2.05) is 0 Å². The van der Waals surface area contributed by atoms with Gasteiger partial charge in [0.1, 0.15) is 12.4 Å². The van der Waals surface area contributed by atoms with E-state index in [2.05, 4.69) is 0 Å². The zero-order valence-corrected chi connectivity index (χ0v) is 11.2. The van der Waals surface area contributed by atoms with Crippen molar-refractivity contribution in [2.24, 2.45) is 0 Å². The number of carboxylic acid groups (broad SMARTS) is 1. The fourth-order valence-corrected chi connectivity index (χ4v) is 2.29. The first-order valence-corrected chi connectivity index (χ1v) is 6.30. The molecule has 0 aromatic heterocycles. The zero-order valence-electron chi connectivity index (χ0n) is 11.2. The molecule has 0 saturated carbocycles. The minimum atomic E-state index is -0.968. The van der Waals surface area contributed by atoms with Crippen molar-refractivity contribution in [2.45, 2.75) is 25.5 Å². The maximum Gasteiger partial charge on any atom is 0.306 e. The van der Waals surface area contributed by atoms with E-state index in [4.69, 9.17) is 9.84 Å². The third-order valence-electron chi connectivity index (χ3n) is 3.30. The molecule has 108 valence electrons. The van der Waals surface area contributed by atoms with Gasteiger partial charge in [0, 0.05) is 12.1 Å². The van der Waals surface area contributed by atoms with Gasteiger partial charge in [0.05, 0.1) is 18.6 Å². The Morgan fingerprint density at radius 3 is 2.80 bits per heavy atom. The molecule has 1 saturated heterocycles. The van der Waals surface area contributed by atoms with E-state index in [1.165, 1.54) is 4.90 Å². The third-order valence-corrected chi connectivity index (χ3v) is 3.30. The Balaban J connectivity index is 2.12. The van der Waals surface area contributed by atoms with Crippen molar-refractivity contribution >= 4 is 11.9 Å². The number of nitrogens with zero attached hydrogens (tertiary/aromatic N) is 1. The fraction of sp³-hybridized carbons (Fsp3) is 0.429. The molecule has 1 aromatic rings. The number of carboxylic acids is 1. The SMILES string of the molecule is CC1(CC(=O)O)CN(Cc2ccccc2O)C(=O)CO1. The summed E-state index contributed by atoms with van der Waals surface area (Å²) in [7, 11) is 0. The van der Waals surface area contributed by atoms with Gasteiger partial charge in [-0.3, -0.25) is 9.59 Å². The van der Waals surface area contributed by atoms with Crippen molar-refractivity contribution < 1.29 is 24.5 Å². The van der Waals surface area contributed by atoms with Gasteiger partial charge in [-0.1, -0.05) is 18.2 Å². The monoisotopic (exact) mass is 279 g/mol. The van der Waals surface area contributed by atoms with Crippen LogP contribution >= 0.6 is 0 Å². The highest BCUT2D eigenvalue weighted by molar-refractivity contribution is 5.79. The van der Waals surface area contributed by atoms with E-state index in [-0.39, 0.29) is 37.8 Å². The van der Waals surface area contributed by atoms with E-state index >= 15 is 0 Å². The van der Waals surface area contributed by atoms with Crippen LogP contribution in [0.2, 0.25) is 0 Å². The molecule has 6 nitrogen and oxygen atoms in total. The number of phenolic OH excluding ortho intramolecular Hbond substituents is 1. The van der Waals surface area contributed by atoms with Crippen molar-refractivity contribution in [3.8, 4) is 5.75 Å². The van der Waals surface area contributed by atoms with Crippen LogP contribution < -0.4 is 0 Å². The van der Waals surface area contributed by atoms with Gasteiger partial charge >= 0.3 is 5.97 Å². The lowest BCUT2D eigenvalue weighted by Crippen LogP contribution is -2.53. The molecular formula is C14H17NO5. The number of hydrogen-bond acceptors (Lipinski definition) is 4. The second kappa shape index (κ2) is 5.50. The first-order valence-electron chi connectivity index (χ1n) is 6.30. The third kappa shape index (κ3) is 3.27. The molecule has 1 aliphatic heterocycles. The molecule has 0 bridgehead atoms. The minimum Gasteiger partial charge on any atom is -0.508 e. The molecule has 0 aliphatic carbocycles. The Morgan fingerprint density at radius 1 is 1.45 bits per heavy atom. The molecule has 0 radical (unpaired) electrons. The van der Waals surface area contributed by atoms with Crippen LogP contribution in [0, 0.1) is 0 Å². The van der Waals surface area contributed by atoms with Gasteiger partial charge in [0.25, 0.3) is 0 Å². The van der Waals surface area contributed by atoms with Crippen LogP contribution in [0.3, 0.4) is 0 Å². The van der Waals surface area contributed by atoms with Crippen LogP contribution in [0.15, 0.2) is 24.3 Å². The molecule has 2 N–H and O–H groups in total. The first-order chi connectivity index (χ1) is 9.39. The van der Waals surface area contributed by atoms with Crippen LogP contribution in [-0.2, 0) is 20.9 Å². The van der Waals surface area contributed by atoms with Gasteiger partial charge in [-0.25, -0.2) is 0 Å². The molecule has 1 fully saturated rings. The molecule has 1 heterocycles. The fourth-order valence-electron chi connectivity index (χ4n) is 2.29. The summed E-state index contributed by atoms with van der Waals surface area (Å²) in [6.07, 6.45) is -0.169. The Bertz CT molecular complexity index is 530. The van der Waals surface area contributed by atoms with E-state index in [1.54, 1.807) is 31.2 Å². The molecule has 1 aliphatic rings. The highest BCUT2D eigenvalue weighted by Gasteiger charge is 2.37. The van der Waals surface area contributed by atoms with Crippen LogP contribution in [0.25, 0.3) is 0 Å². The largest absolute Gasteiger partial charge is 0.508 e. The summed E-state index contributed by atoms with van der Waals surface area (Å²) >= 11 is 0. The Kier molecular flexibility index (Phi) is 3.94. The van der Waals surface area contributed by atoms with Crippen molar-refractivity contribution in [1.82, 2.24) is 4.90 Å². The number of benzene rings is 1. The molecule has 2 rings (SSSR count). The average Bonchev–Trinajstić information content (AvgIpc) is 2.36. The van der Waals surface area contributed by atoms with Gasteiger partial charge in [-0.15, -0.1) is 0 Å². The number of para-hydroxylation sites is 1. The summed E-state index contributed by atoms with van der Waals surface area (Å²) in [6, 6.07) is 6.76. The second-order valence-corrected chi connectivity index (χ2v) is 5.19. The number of morpholine rings is 1. The lowest BCUT2D eigenvalue weighted by molar-refractivity contribution is -0.169. The minimum absolute atomic E-state index is 0.117. The Labute approximate surface area is 116 Å². The Morgan fingerprint density at radius 2 is 2.15 bits per heavy atom. The molecular weight excluding hydrogens is 262 g/mol. The molecule has 20 heavy (non-hydrogen) atoms. The van der Waals surface area contributed by atoms with E-state index < -0.39 is 11.6 Å². The molecule has 1 amide bonds. The van der Waals surface area contributed by atoms with E-state index in [0.717, 1.165) is 0 Å². The summed E-state index contributed by atoms with van der Waals surface area (Å²) in [5.74, 6) is -1.06. The predicted molar refractivity (Wildman–Crippen MR) is 70.1 cm³/mol. The summed E-state index contributed by atoms with van der Waals surface area (Å²) in [5, 5.41) is 18.6. The number of hydrogen-bond donors (Lipinski definition) is 2. The summed E-state index contributed by atoms with van der Waals surface area (Å²) in [5.41, 5.74) is -0.273. The summed E-state index contributed by atoms with van der Waals surface area (Å²) in [6.45, 7) is 1.96. The highest BCUT2D eigenvalue weighted by Crippen LogP contribution is 2.25. The van der Waals surface area contributed by atoms with Gasteiger partial charge < -0.3 is 19.8 Å². The molecule has 1 aromatic carbocycles. The Hall–Kier alpha value is -2.08. The molecule has 0 spiro atoms. The van der Waals surface area contributed by atoms with Crippen molar-refractivity contribution in [1.29, 1.82) is 0 Å². The van der Waals surface area contributed by atoms with Gasteiger partial charge in [-0.05, 0) is 13.0 Å². The normalized spacial score (nSPS) is 22.9. The van der Waals surface area contributed by atoms with E-state index in [0.29, 0.717) is 5.56 Å². The number of aliphatic carboxylic acids is 1. The quantitative estimate of drug-likeness (QED) is 0.858. The number of carbonyl (C=O) groups excluding carboxylic acids is 1. The molecule has 1 atom stereocenters.